The second-order valence-electron chi connectivity index (χ2n) is 8.12. The molecule has 0 spiro atoms. The molecule has 1 unspecified atom stereocenters. The number of nitrogens with one attached hydrogen (secondary N) is 1. The fourth-order valence-corrected chi connectivity index (χ4v) is 4.06. The number of anilines is 1. The summed E-state index contributed by atoms with van der Waals surface area (Å²) in [5.41, 5.74) is 4.35. The predicted molar refractivity (Wildman–Crippen MR) is 120 cm³/mol. The minimum Gasteiger partial charge on any atom is -0.494 e. The van der Waals surface area contributed by atoms with Gasteiger partial charge in [0.05, 0.1) is 19.1 Å². The Labute approximate surface area is 179 Å². The molecule has 5 nitrogen and oxygen atoms in total. The van der Waals surface area contributed by atoms with Gasteiger partial charge in [-0.05, 0) is 48.9 Å². The molecule has 0 bridgehead atoms. The van der Waals surface area contributed by atoms with E-state index in [9.17, 15) is 9.59 Å². The van der Waals surface area contributed by atoms with E-state index in [1.807, 2.05) is 36.1 Å². The van der Waals surface area contributed by atoms with Gasteiger partial charge in [0, 0.05) is 24.7 Å². The van der Waals surface area contributed by atoms with Crippen LogP contribution in [0.3, 0.4) is 0 Å². The molecule has 1 atom stereocenters. The van der Waals surface area contributed by atoms with Crippen LogP contribution in [0.5, 0.6) is 5.75 Å². The molecule has 30 heavy (non-hydrogen) atoms. The molecular formula is C25H32N2O3. The van der Waals surface area contributed by atoms with Crippen LogP contribution in [0.1, 0.15) is 69.2 Å². The zero-order valence-corrected chi connectivity index (χ0v) is 18.4. The zero-order valence-electron chi connectivity index (χ0n) is 18.4. The first-order valence-corrected chi connectivity index (χ1v) is 10.8. The maximum atomic E-state index is 13.3. The van der Waals surface area contributed by atoms with Crippen molar-refractivity contribution < 1.29 is 14.3 Å². The Morgan fingerprint density at radius 2 is 1.93 bits per heavy atom. The quantitative estimate of drug-likeness (QED) is 0.719. The summed E-state index contributed by atoms with van der Waals surface area (Å²) in [6, 6.07) is 13.6. The minimum atomic E-state index is -0.432. The smallest absolute Gasteiger partial charge is 0.229 e. The Balaban J connectivity index is 1.87. The maximum absolute atomic E-state index is 13.3. The van der Waals surface area contributed by atoms with Crippen LogP contribution < -0.4 is 15.0 Å². The molecule has 1 aliphatic rings. The van der Waals surface area contributed by atoms with Gasteiger partial charge in [-0.15, -0.1) is 0 Å². The van der Waals surface area contributed by atoms with E-state index in [0.717, 1.165) is 24.1 Å². The number of hydrogen-bond acceptors (Lipinski definition) is 3. The molecule has 1 aliphatic heterocycles. The van der Waals surface area contributed by atoms with Crippen molar-refractivity contribution in [1.82, 2.24) is 5.32 Å². The number of amides is 2. The van der Waals surface area contributed by atoms with Crippen LogP contribution in [-0.2, 0) is 16.0 Å². The number of para-hydroxylation sites is 1. The highest BCUT2D eigenvalue weighted by molar-refractivity contribution is 5.95. The summed E-state index contributed by atoms with van der Waals surface area (Å²) in [5, 5.41) is 2.95. The van der Waals surface area contributed by atoms with E-state index in [2.05, 4.69) is 37.4 Å². The highest BCUT2D eigenvalue weighted by Gasteiger charge is 2.27. The van der Waals surface area contributed by atoms with E-state index in [1.54, 1.807) is 0 Å². The van der Waals surface area contributed by atoms with Crippen LogP contribution in [0.25, 0.3) is 0 Å². The third kappa shape index (κ3) is 5.02. The summed E-state index contributed by atoms with van der Waals surface area (Å²) >= 11 is 0. The number of ether oxygens (including phenoxy) is 1. The Bertz CT molecular complexity index is 907. The average molecular weight is 409 g/mol. The lowest BCUT2D eigenvalue weighted by Crippen LogP contribution is -2.38. The van der Waals surface area contributed by atoms with Gasteiger partial charge in [0.1, 0.15) is 5.75 Å². The SMILES string of the molecule is CCOc1ccccc1C(CC(=O)N1CCCc2cc(C(C)C)ccc21)NC(C)=O. The van der Waals surface area contributed by atoms with Crippen molar-refractivity contribution in [1.29, 1.82) is 0 Å². The van der Waals surface area contributed by atoms with E-state index >= 15 is 0 Å². The molecule has 1 heterocycles. The molecule has 0 saturated heterocycles. The molecule has 0 radical (unpaired) electrons. The number of fused-ring (bicyclic) bond motifs is 1. The topological polar surface area (TPSA) is 58.6 Å². The molecule has 2 amide bonds. The van der Waals surface area contributed by atoms with Gasteiger partial charge in [0.15, 0.2) is 0 Å². The number of aryl methyl sites for hydroxylation is 1. The van der Waals surface area contributed by atoms with Gasteiger partial charge in [0.25, 0.3) is 0 Å². The Morgan fingerprint density at radius 1 is 1.17 bits per heavy atom. The predicted octanol–water partition coefficient (Wildman–Crippen LogP) is 4.76. The molecule has 2 aromatic carbocycles. The van der Waals surface area contributed by atoms with Crippen molar-refractivity contribution in [2.75, 3.05) is 18.1 Å². The van der Waals surface area contributed by atoms with Crippen LogP contribution in [0, 0.1) is 0 Å². The Hall–Kier alpha value is -2.82. The van der Waals surface area contributed by atoms with Crippen molar-refractivity contribution in [2.45, 2.75) is 58.9 Å². The van der Waals surface area contributed by atoms with E-state index < -0.39 is 6.04 Å². The first kappa shape index (κ1) is 21.9. The number of carbonyl (C=O) groups is 2. The highest BCUT2D eigenvalue weighted by atomic mass is 16.5. The molecule has 0 fully saturated rings. The normalized spacial score (nSPS) is 14.2. The number of hydrogen-bond donors (Lipinski definition) is 1. The van der Waals surface area contributed by atoms with Crippen molar-refractivity contribution >= 4 is 17.5 Å². The fourth-order valence-electron chi connectivity index (χ4n) is 4.06. The van der Waals surface area contributed by atoms with Crippen molar-refractivity contribution in [3.8, 4) is 5.75 Å². The van der Waals surface area contributed by atoms with E-state index in [1.165, 1.54) is 18.1 Å². The second-order valence-corrected chi connectivity index (χ2v) is 8.12. The van der Waals surface area contributed by atoms with Crippen LogP contribution in [-0.4, -0.2) is 25.0 Å². The minimum absolute atomic E-state index is 0.0123. The van der Waals surface area contributed by atoms with Gasteiger partial charge in [-0.3, -0.25) is 9.59 Å². The Kier molecular flexibility index (Phi) is 7.14. The van der Waals surface area contributed by atoms with Crippen LogP contribution in [0.15, 0.2) is 42.5 Å². The third-order valence-electron chi connectivity index (χ3n) is 5.54. The maximum Gasteiger partial charge on any atom is 0.229 e. The van der Waals surface area contributed by atoms with E-state index in [0.29, 0.717) is 24.8 Å². The number of rotatable bonds is 7. The monoisotopic (exact) mass is 408 g/mol. The zero-order chi connectivity index (χ0) is 21.7. The number of carbonyl (C=O) groups excluding carboxylic acids is 2. The van der Waals surface area contributed by atoms with Crippen molar-refractivity contribution in [2.24, 2.45) is 0 Å². The first-order chi connectivity index (χ1) is 14.4. The molecule has 0 saturated carbocycles. The van der Waals surface area contributed by atoms with Crippen LogP contribution in [0.2, 0.25) is 0 Å². The molecule has 2 aromatic rings. The summed E-state index contributed by atoms with van der Waals surface area (Å²) in [6.07, 6.45) is 2.12. The van der Waals surface area contributed by atoms with Gasteiger partial charge in [-0.1, -0.05) is 44.2 Å². The van der Waals surface area contributed by atoms with Crippen LogP contribution in [0.4, 0.5) is 5.69 Å². The lowest BCUT2D eigenvalue weighted by atomic mass is 9.94. The molecule has 3 rings (SSSR count). The molecule has 0 aliphatic carbocycles. The standard InChI is InChI=1S/C25H32N2O3/c1-5-30-24-11-7-6-10-21(24)22(26-18(4)28)16-25(29)27-14-8-9-20-15-19(17(2)3)12-13-23(20)27/h6-7,10-13,15,17,22H,5,8-9,14,16H2,1-4H3,(H,26,28). The van der Waals surface area contributed by atoms with Crippen molar-refractivity contribution in [3.63, 3.8) is 0 Å². The average Bonchev–Trinajstić information content (AvgIpc) is 2.72. The van der Waals surface area contributed by atoms with Gasteiger partial charge < -0.3 is 15.0 Å². The lowest BCUT2D eigenvalue weighted by molar-refractivity contribution is -0.121. The highest BCUT2D eigenvalue weighted by Crippen LogP contribution is 2.33. The molecule has 5 heteroatoms. The summed E-state index contributed by atoms with van der Waals surface area (Å²) in [5.74, 6) is 1.01. The summed E-state index contributed by atoms with van der Waals surface area (Å²) < 4.78 is 5.74. The van der Waals surface area contributed by atoms with Gasteiger partial charge in [-0.2, -0.15) is 0 Å². The van der Waals surface area contributed by atoms with E-state index in [4.69, 9.17) is 4.74 Å². The molecule has 0 aromatic heterocycles. The van der Waals surface area contributed by atoms with Gasteiger partial charge >= 0.3 is 0 Å². The summed E-state index contributed by atoms with van der Waals surface area (Å²) in [4.78, 5) is 27.1. The molecule has 160 valence electrons. The molecule has 1 N–H and O–H groups in total. The lowest BCUT2D eigenvalue weighted by Gasteiger charge is -2.32. The molecular weight excluding hydrogens is 376 g/mol. The van der Waals surface area contributed by atoms with Crippen LogP contribution >= 0.6 is 0 Å². The van der Waals surface area contributed by atoms with Crippen molar-refractivity contribution in [3.05, 3.63) is 59.2 Å². The first-order valence-electron chi connectivity index (χ1n) is 10.8. The number of nitrogens with zero attached hydrogens (tertiary/aromatic N) is 1. The summed E-state index contributed by atoms with van der Waals surface area (Å²) in [6.45, 7) is 8.99. The van der Waals surface area contributed by atoms with Gasteiger partial charge in [-0.25, -0.2) is 0 Å². The van der Waals surface area contributed by atoms with Gasteiger partial charge in [0.2, 0.25) is 11.8 Å². The third-order valence-corrected chi connectivity index (χ3v) is 5.54. The summed E-state index contributed by atoms with van der Waals surface area (Å²) in [7, 11) is 0. The number of benzene rings is 2. The van der Waals surface area contributed by atoms with E-state index in [-0.39, 0.29) is 18.2 Å². The largest absolute Gasteiger partial charge is 0.494 e. The second kappa shape index (κ2) is 9.79. The Morgan fingerprint density at radius 3 is 2.63 bits per heavy atom. The fraction of sp³-hybridized carbons (Fsp3) is 0.440.